The molecule has 24 heavy (non-hydrogen) atoms. The molecule has 0 bridgehead atoms. The van der Waals surface area contributed by atoms with Crippen LogP contribution in [0.5, 0.6) is 0 Å². The van der Waals surface area contributed by atoms with Crippen molar-refractivity contribution in [1.82, 2.24) is 0 Å². The van der Waals surface area contributed by atoms with Gasteiger partial charge in [-0.3, -0.25) is 0 Å². The molecule has 0 radical (unpaired) electrons. The highest BCUT2D eigenvalue weighted by Gasteiger charge is 2.46. The number of alkyl halides is 3. The predicted octanol–water partition coefficient (Wildman–Crippen LogP) is 5.69. The van der Waals surface area contributed by atoms with E-state index in [-0.39, 0.29) is 28.8 Å². The molecule has 1 rings (SSSR count). The molecule has 0 aliphatic rings. The van der Waals surface area contributed by atoms with E-state index in [0.29, 0.717) is 0 Å². The van der Waals surface area contributed by atoms with E-state index in [1.165, 1.54) is 0 Å². The largest absolute Gasteiger partial charge is 0.475 e. The second-order valence-electron chi connectivity index (χ2n) is 6.87. The molecule has 0 fully saturated rings. The van der Waals surface area contributed by atoms with Gasteiger partial charge in [-0.25, -0.2) is 4.79 Å². The van der Waals surface area contributed by atoms with Gasteiger partial charge in [0, 0.05) is 5.56 Å². The van der Waals surface area contributed by atoms with Gasteiger partial charge in [0.25, 0.3) is 0 Å². The Hall–Kier alpha value is -1.28. The molecule has 1 N–H and O–H groups in total. The zero-order valence-electron chi connectivity index (χ0n) is 14.8. The zero-order valence-corrected chi connectivity index (χ0v) is 15.8. The van der Waals surface area contributed by atoms with Crippen molar-refractivity contribution in [2.24, 2.45) is 0 Å². The van der Waals surface area contributed by atoms with Crippen LogP contribution in [0.1, 0.15) is 63.4 Å². The van der Waals surface area contributed by atoms with Gasteiger partial charge in [0.05, 0.1) is 6.61 Å². The van der Waals surface area contributed by atoms with Crippen molar-refractivity contribution >= 4 is 14.3 Å². The second kappa shape index (κ2) is 7.31. The molecule has 0 aliphatic heterocycles. The van der Waals surface area contributed by atoms with Gasteiger partial charge in [0.2, 0.25) is 19.8 Å². The average Bonchev–Trinajstić information content (AvgIpc) is 2.82. The van der Waals surface area contributed by atoms with Crippen LogP contribution in [0.3, 0.4) is 0 Å². The van der Waals surface area contributed by atoms with Crippen molar-refractivity contribution in [1.29, 1.82) is 0 Å². The Kier molecular flexibility index (Phi) is 6.32. The van der Waals surface area contributed by atoms with Crippen LogP contribution >= 0.6 is 0 Å². The van der Waals surface area contributed by atoms with E-state index in [2.05, 4.69) is 4.42 Å². The third-order valence-electron chi connectivity index (χ3n) is 4.46. The zero-order chi connectivity index (χ0) is 18.9. The molecular formula is C16H25F3O4Si. The highest BCUT2D eigenvalue weighted by Crippen LogP contribution is 2.43. The quantitative estimate of drug-likeness (QED) is 0.630. The lowest BCUT2D eigenvalue weighted by atomic mass is 10.2. The Bertz CT molecular complexity index is 555. The first-order valence-electron chi connectivity index (χ1n) is 7.91. The van der Waals surface area contributed by atoms with Crippen LogP contribution in [-0.4, -0.2) is 19.4 Å². The van der Waals surface area contributed by atoms with Crippen LogP contribution < -0.4 is 0 Å². The summed E-state index contributed by atoms with van der Waals surface area (Å²) in [6, 6.07) is 0.908. The maximum Gasteiger partial charge on any atom is 0.449 e. The third-order valence-corrected chi connectivity index (χ3v) is 10.5. The number of halogens is 3. The predicted molar refractivity (Wildman–Crippen MR) is 86.5 cm³/mol. The standard InChI is InChI=1S/C16H25F3O4Si/c1-9(2)24(10(3)4,11(5)6)22-8-12-7-13(15(20)21)23-14(12)16(17,18)19/h7,9-11H,8H2,1-6H3,(H,20,21). The molecule has 8 heteroatoms. The van der Waals surface area contributed by atoms with E-state index in [1.807, 2.05) is 41.5 Å². The average molecular weight is 366 g/mol. The summed E-state index contributed by atoms with van der Waals surface area (Å²) in [5.74, 6) is -3.56. The maximum atomic E-state index is 13.1. The molecule has 1 aromatic heterocycles. The van der Waals surface area contributed by atoms with Gasteiger partial charge in [-0.15, -0.1) is 0 Å². The maximum absolute atomic E-state index is 13.1. The van der Waals surface area contributed by atoms with E-state index in [0.717, 1.165) is 6.07 Å². The molecule has 4 nitrogen and oxygen atoms in total. The number of furan rings is 1. The topological polar surface area (TPSA) is 59.7 Å². The second-order valence-corrected chi connectivity index (χ2v) is 12.3. The molecule has 0 saturated carbocycles. The number of aromatic carboxylic acids is 1. The Morgan fingerprint density at radius 3 is 1.96 bits per heavy atom. The van der Waals surface area contributed by atoms with Crippen molar-refractivity contribution in [3.63, 3.8) is 0 Å². The van der Waals surface area contributed by atoms with Crippen molar-refractivity contribution < 1.29 is 31.9 Å². The van der Waals surface area contributed by atoms with E-state index in [1.54, 1.807) is 0 Å². The Morgan fingerprint density at radius 1 is 1.17 bits per heavy atom. The first-order chi connectivity index (χ1) is 10.8. The van der Waals surface area contributed by atoms with Gasteiger partial charge in [0.15, 0.2) is 0 Å². The van der Waals surface area contributed by atoms with Crippen LogP contribution in [0.4, 0.5) is 13.2 Å². The van der Waals surface area contributed by atoms with Crippen molar-refractivity contribution in [3.05, 3.63) is 23.2 Å². The summed E-state index contributed by atoms with van der Waals surface area (Å²) < 4.78 is 49.9. The van der Waals surface area contributed by atoms with E-state index in [4.69, 9.17) is 9.53 Å². The lowest BCUT2D eigenvalue weighted by Crippen LogP contribution is -2.47. The summed E-state index contributed by atoms with van der Waals surface area (Å²) in [4.78, 5) is 10.9. The number of hydrogen-bond acceptors (Lipinski definition) is 3. The normalized spacial score (nSPS) is 13.3. The number of carbonyl (C=O) groups is 1. The highest BCUT2D eigenvalue weighted by molar-refractivity contribution is 6.77. The molecule has 0 atom stereocenters. The van der Waals surface area contributed by atoms with Crippen LogP contribution in [0.2, 0.25) is 16.6 Å². The van der Waals surface area contributed by atoms with Crippen molar-refractivity contribution in [2.75, 3.05) is 0 Å². The number of hydrogen-bond donors (Lipinski definition) is 1. The molecule has 0 aliphatic carbocycles. The molecule has 0 aromatic carbocycles. The smallest absolute Gasteiger partial charge is 0.449 e. The van der Waals surface area contributed by atoms with Crippen LogP contribution in [0.25, 0.3) is 0 Å². The molecule has 1 aromatic rings. The summed E-state index contributed by atoms with van der Waals surface area (Å²) in [5, 5.41) is 8.89. The van der Waals surface area contributed by atoms with Gasteiger partial charge in [-0.2, -0.15) is 13.2 Å². The summed E-state index contributed by atoms with van der Waals surface area (Å²) in [7, 11) is -2.37. The van der Waals surface area contributed by atoms with Crippen LogP contribution in [-0.2, 0) is 17.2 Å². The Balaban J connectivity index is 3.22. The van der Waals surface area contributed by atoms with Crippen LogP contribution in [0.15, 0.2) is 10.5 Å². The number of rotatable bonds is 7. The molecule has 1 heterocycles. The Morgan fingerprint density at radius 2 is 1.62 bits per heavy atom. The van der Waals surface area contributed by atoms with Gasteiger partial charge in [-0.05, 0) is 22.7 Å². The molecular weight excluding hydrogens is 341 g/mol. The first kappa shape index (κ1) is 20.8. The van der Waals surface area contributed by atoms with Gasteiger partial charge in [-0.1, -0.05) is 41.5 Å². The summed E-state index contributed by atoms with van der Waals surface area (Å²) in [6.45, 7) is 11.8. The van der Waals surface area contributed by atoms with E-state index >= 15 is 0 Å². The third kappa shape index (κ3) is 4.03. The van der Waals surface area contributed by atoms with Gasteiger partial charge >= 0.3 is 12.1 Å². The molecule has 0 spiro atoms. The minimum absolute atomic E-state index is 0.206. The van der Waals surface area contributed by atoms with Gasteiger partial charge in [0.1, 0.15) is 0 Å². The fourth-order valence-electron chi connectivity index (χ4n) is 3.58. The number of carboxylic acids is 1. The lowest BCUT2D eigenvalue weighted by molar-refractivity contribution is -0.154. The SMILES string of the molecule is CC(C)[Si](OCc1cc(C(=O)O)oc1C(F)(F)F)(C(C)C)C(C)C. The minimum atomic E-state index is -4.76. The minimum Gasteiger partial charge on any atom is -0.475 e. The lowest BCUT2D eigenvalue weighted by Gasteiger charge is -2.42. The van der Waals surface area contributed by atoms with E-state index < -0.39 is 32.0 Å². The molecule has 0 unspecified atom stereocenters. The number of carboxylic acid groups (broad SMARTS) is 1. The summed E-state index contributed by atoms with van der Waals surface area (Å²) in [6.07, 6.45) is -4.76. The highest BCUT2D eigenvalue weighted by atomic mass is 28.4. The summed E-state index contributed by atoms with van der Waals surface area (Å²) >= 11 is 0. The fraction of sp³-hybridized carbons (Fsp3) is 0.688. The van der Waals surface area contributed by atoms with E-state index in [9.17, 15) is 18.0 Å². The monoisotopic (exact) mass is 366 g/mol. The molecule has 0 amide bonds. The summed E-state index contributed by atoms with van der Waals surface area (Å²) in [5.41, 5.74) is 0.353. The fourth-order valence-corrected chi connectivity index (χ4v) is 8.99. The van der Waals surface area contributed by atoms with Gasteiger partial charge < -0.3 is 13.9 Å². The van der Waals surface area contributed by atoms with Crippen molar-refractivity contribution in [2.45, 2.75) is 70.9 Å². The Labute approximate surface area is 141 Å². The molecule has 0 saturated heterocycles. The molecule has 138 valence electrons. The first-order valence-corrected chi connectivity index (χ1v) is 10.0. The van der Waals surface area contributed by atoms with Crippen molar-refractivity contribution in [3.8, 4) is 0 Å². The van der Waals surface area contributed by atoms with Crippen LogP contribution in [0, 0.1) is 0 Å².